The molecule has 5 nitrogen and oxygen atoms in total. The molecule has 0 bridgehead atoms. The number of aryl methyl sites for hydroxylation is 1. The van der Waals surface area contributed by atoms with Crippen molar-refractivity contribution in [2.45, 2.75) is 11.8 Å². The fourth-order valence-corrected chi connectivity index (χ4v) is 4.99. The summed E-state index contributed by atoms with van der Waals surface area (Å²) in [6.07, 6.45) is 0.0628. The van der Waals surface area contributed by atoms with Gasteiger partial charge in [0, 0.05) is 0 Å². The Morgan fingerprint density at radius 2 is 1.82 bits per heavy atom. The van der Waals surface area contributed by atoms with E-state index in [1.807, 2.05) is 6.92 Å². The fraction of sp³-hybridized carbons (Fsp3) is 0.200. The van der Waals surface area contributed by atoms with E-state index in [4.69, 9.17) is 8.92 Å². The van der Waals surface area contributed by atoms with E-state index in [9.17, 15) is 13.0 Å². The van der Waals surface area contributed by atoms with Crippen LogP contribution < -0.4 is 14.2 Å². The summed E-state index contributed by atoms with van der Waals surface area (Å²) in [5, 5.41) is 0.352. The zero-order valence-corrected chi connectivity index (χ0v) is 13.9. The first kappa shape index (κ1) is 15.1. The predicted octanol–water partition coefficient (Wildman–Crippen LogP) is 2.73. The Hall–Kier alpha value is -1.78. The largest absolute Gasteiger partial charge is 0.485 e. The van der Waals surface area contributed by atoms with Crippen LogP contribution in [0.25, 0.3) is 0 Å². The van der Waals surface area contributed by atoms with Gasteiger partial charge >= 0.3 is 10.1 Å². The third kappa shape index (κ3) is 2.64. The first-order chi connectivity index (χ1) is 10.3. The van der Waals surface area contributed by atoms with Crippen LogP contribution in [0, 0.1) is 6.92 Å². The lowest BCUT2D eigenvalue weighted by atomic mass is 10.2. The molecule has 0 N–H and O–H groups in total. The number of fused-ring (bicyclic) bond motifs is 1. The molecule has 0 amide bonds. The Morgan fingerprint density at radius 3 is 2.50 bits per heavy atom. The minimum absolute atomic E-state index is 0.0561. The van der Waals surface area contributed by atoms with Gasteiger partial charge in [-0.3, -0.25) is 0 Å². The van der Waals surface area contributed by atoms with Crippen molar-refractivity contribution in [2.24, 2.45) is 0 Å². The van der Waals surface area contributed by atoms with Crippen molar-refractivity contribution < 1.29 is 21.9 Å². The fourth-order valence-electron chi connectivity index (χ4n) is 2.28. The molecule has 0 spiro atoms. The summed E-state index contributed by atoms with van der Waals surface area (Å²) in [6, 6.07) is 11.1. The van der Waals surface area contributed by atoms with Gasteiger partial charge < -0.3 is 13.5 Å². The van der Waals surface area contributed by atoms with E-state index in [0.717, 1.165) is 5.56 Å². The minimum atomic E-state index is -3.98. The van der Waals surface area contributed by atoms with E-state index in [2.05, 4.69) is 0 Å². The Bertz CT molecular complexity index is 871. The number of hydrogen-bond acceptors (Lipinski definition) is 5. The zero-order chi connectivity index (χ0) is 16.0. The summed E-state index contributed by atoms with van der Waals surface area (Å²) in [7, 11) is -6.75. The van der Waals surface area contributed by atoms with Crippen LogP contribution in [0.5, 0.6) is 11.5 Å². The van der Waals surface area contributed by atoms with Gasteiger partial charge in [0.1, 0.15) is 22.3 Å². The molecule has 0 fully saturated rings. The summed E-state index contributed by atoms with van der Waals surface area (Å²) < 4.78 is 47.8. The van der Waals surface area contributed by atoms with Crippen molar-refractivity contribution in [3.63, 3.8) is 0 Å². The minimum Gasteiger partial charge on any atom is -0.485 e. The smallest absolute Gasteiger partial charge is 0.339 e. The van der Waals surface area contributed by atoms with Crippen molar-refractivity contribution in [1.82, 2.24) is 0 Å². The molecule has 0 saturated heterocycles. The quantitative estimate of drug-likeness (QED) is 0.636. The number of ether oxygens (including phenoxy) is 1. The number of hydrogen-bond donors (Lipinski definition) is 0. The highest BCUT2D eigenvalue weighted by Crippen LogP contribution is 2.51. The molecular formula is C15H15O5PS. The van der Waals surface area contributed by atoms with Crippen molar-refractivity contribution in [3.05, 3.63) is 48.0 Å². The standard InChI is InChI=1S/C15H15O5PS/c1-11-6-8-12(9-7-11)22(17,18)20-14-5-3-4-13-15(14)21(2,16)10-19-13/h3-9H,10H2,1-2H3. The SMILES string of the molecule is Cc1ccc(S(=O)(=O)Oc2cccc3c2P(C)(=O)CO3)cc1. The topological polar surface area (TPSA) is 69.7 Å². The molecule has 1 aliphatic rings. The lowest BCUT2D eigenvalue weighted by Gasteiger charge is -2.12. The highest BCUT2D eigenvalue weighted by atomic mass is 32.2. The van der Waals surface area contributed by atoms with E-state index in [0.29, 0.717) is 11.1 Å². The van der Waals surface area contributed by atoms with Crippen LogP contribution in [-0.4, -0.2) is 21.4 Å². The Balaban J connectivity index is 2.03. The van der Waals surface area contributed by atoms with Gasteiger partial charge in [0.2, 0.25) is 0 Å². The summed E-state index contributed by atoms with van der Waals surface area (Å²) in [4.78, 5) is 0.0561. The lowest BCUT2D eigenvalue weighted by molar-refractivity contribution is 0.394. The van der Waals surface area contributed by atoms with Gasteiger partial charge in [0.25, 0.3) is 0 Å². The Labute approximate surface area is 129 Å². The molecule has 2 aromatic carbocycles. The highest BCUT2D eigenvalue weighted by Gasteiger charge is 2.35. The first-order valence-corrected chi connectivity index (χ1v) is 10.4. The van der Waals surface area contributed by atoms with E-state index in [-0.39, 0.29) is 17.0 Å². The van der Waals surface area contributed by atoms with Gasteiger partial charge in [0.15, 0.2) is 12.9 Å². The Kier molecular flexibility index (Phi) is 3.54. The van der Waals surface area contributed by atoms with Gasteiger partial charge in [-0.15, -0.1) is 0 Å². The summed E-state index contributed by atoms with van der Waals surface area (Å²) in [5.74, 6) is 0.490. The number of rotatable bonds is 3. The molecule has 0 saturated carbocycles. The van der Waals surface area contributed by atoms with Crippen LogP contribution >= 0.6 is 7.14 Å². The molecule has 2 aromatic rings. The average molecular weight is 338 g/mol. The van der Waals surface area contributed by atoms with Gasteiger partial charge in [-0.2, -0.15) is 8.42 Å². The predicted molar refractivity (Wildman–Crippen MR) is 84.1 cm³/mol. The molecule has 3 rings (SSSR count). The third-order valence-electron chi connectivity index (χ3n) is 3.41. The monoisotopic (exact) mass is 338 g/mol. The van der Waals surface area contributed by atoms with Crippen molar-refractivity contribution in [1.29, 1.82) is 0 Å². The second-order valence-electron chi connectivity index (χ2n) is 5.33. The van der Waals surface area contributed by atoms with Gasteiger partial charge in [0.05, 0.1) is 0 Å². The molecular weight excluding hydrogens is 323 g/mol. The maximum atomic E-state index is 12.5. The van der Waals surface area contributed by atoms with Crippen LogP contribution in [0.15, 0.2) is 47.4 Å². The highest BCUT2D eigenvalue weighted by molar-refractivity contribution is 7.87. The molecule has 0 aliphatic carbocycles. The first-order valence-electron chi connectivity index (χ1n) is 6.64. The summed E-state index contributed by atoms with van der Waals surface area (Å²) in [6.45, 7) is 3.43. The van der Waals surface area contributed by atoms with E-state index >= 15 is 0 Å². The van der Waals surface area contributed by atoms with Crippen LogP contribution in [-0.2, 0) is 14.7 Å². The van der Waals surface area contributed by atoms with Crippen LogP contribution in [0.3, 0.4) is 0 Å². The van der Waals surface area contributed by atoms with E-state index < -0.39 is 17.3 Å². The molecule has 1 unspecified atom stereocenters. The van der Waals surface area contributed by atoms with Crippen molar-refractivity contribution in [3.8, 4) is 11.5 Å². The number of benzene rings is 2. The molecule has 7 heteroatoms. The van der Waals surface area contributed by atoms with E-state index in [1.165, 1.54) is 18.2 Å². The molecule has 1 atom stereocenters. The summed E-state index contributed by atoms with van der Waals surface area (Å²) >= 11 is 0. The summed E-state index contributed by atoms with van der Waals surface area (Å²) in [5.41, 5.74) is 0.950. The van der Waals surface area contributed by atoms with Crippen LogP contribution in [0.2, 0.25) is 0 Å². The molecule has 0 radical (unpaired) electrons. The second kappa shape index (κ2) is 5.14. The maximum absolute atomic E-state index is 12.5. The zero-order valence-electron chi connectivity index (χ0n) is 12.1. The maximum Gasteiger partial charge on any atom is 0.339 e. The second-order valence-corrected chi connectivity index (χ2v) is 9.78. The van der Waals surface area contributed by atoms with Gasteiger partial charge in [-0.1, -0.05) is 23.8 Å². The normalized spacial score (nSPS) is 20.3. The lowest BCUT2D eigenvalue weighted by Crippen LogP contribution is -2.15. The third-order valence-corrected chi connectivity index (χ3v) is 6.67. The molecule has 0 aromatic heterocycles. The van der Waals surface area contributed by atoms with Crippen LogP contribution in [0.4, 0.5) is 0 Å². The molecule has 22 heavy (non-hydrogen) atoms. The molecule has 1 aliphatic heterocycles. The van der Waals surface area contributed by atoms with Crippen molar-refractivity contribution in [2.75, 3.05) is 13.0 Å². The molecule has 116 valence electrons. The van der Waals surface area contributed by atoms with E-state index in [1.54, 1.807) is 30.9 Å². The van der Waals surface area contributed by atoms with Gasteiger partial charge in [-0.25, -0.2) is 0 Å². The van der Waals surface area contributed by atoms with Gasteiger partial charge in [-0.05, 0) is 37.9 Å². The van der Waals surface area contributed by atoms with Crippen LogP contribution in [0.1, 0.15) is 5.56 Å². The average Bonchev–Trinajstić information content (AvgIpc) is 2.76. The van der Waals surface area contributed by atoms with Crippen molar-refractivity contribution >= 4 is 22.6 Å². The Morgan fingerprint density at radius 1 is 1.14 bits per heavy atom. The molecule has 1 heterocycles.